The van der Waals surface area contributed by atoms with Crippen molar-refractivity contribution < 1.29 is 14.3 Å². The number of carbonyl (C=O) groups excluding carboxylic acids is 2. The fourth-order valence-electron chi connectivity index (χ4n) is 1.88. The van der Waals surface area contributed by atoms with Crippen LogP contribution in [0.15, 0.2) is 0 Å². The van der Waals surface area contributed by atoms with E-state index in [1.54, 1.807) is 0 Å². The lowest BCUT2D eigenvalue weighted by Gasteiger charge is -2.31. The number of amides is 1. The third-order valence-electron chi connectivity index (χ3n) is 2.67. The first-order valence-corrected chi connectivity index (χ1v) is 5.72. The molecule has 92 valence electrons. The SMILES string of the molecule is CC(=O)NCCN1CCC(OC(C)=O)CC1. The number of piperidine rings is 1. The Balaban J connectivity index is 2.12. The second kappa shape index (κ2) is 6.48. The smallest absolute Gasteiger partial charge is 0.302 e. The summed E-state index contributed by atoms with van der Waals surface area (Å²) in [4.78, 5) is 23.7. The molecule has 1 amide bonds. The van der Waals surface area contributed by atoms with Crippen LogP contribution in [-0.4, -0.2) is 49.1 Å². The highest BCUT2D eigenvalue weighted by molar-refractivity contribution is 5.72. The Labute approximate surface area is 96.1 Å². The summed E-state index contributed by atoms with van der Waals surface area (Å²) in [7, 11) is 0. The Kier molecular flexibility index (Phi) is 5.25. The van der Waals surface area contributed by atoms with E-state index in [2.05, 4.69) is 10.2 Å². The van der Waals surface area contributed by atoms with E-state index in [0.717, 1.165) is 32.5 Å². The van der Waals surface area contributed by atoms with Crippen molar-refractivity contribution in [2.45, 2.75) is 32.8 Å². The minimum Gasteiger partial charge on any atom is -0.462 e. The van der Waals surface area contributed by atoms with E-state index < -0.39 is 0 Å². The molecular formula is C11H20N2O3. The van der Waals surface area contributed by atoms with E-state index in [1.165, 1.54) is 13.8 Å². The summed E-state index contributed by atoms with van der Waals surface area (Å²) in [6, 6.07) is 0. The van der Waals surface area contributed by atoms with Gasteiger partial charge in [0.05, 0.1) is 0 Å². The molecule has 0 spiro atoms. The Morgan fingerprint density at radius 1 is 1.31 bits per heavy atom. The minimum absolute atomic E-state index is 0.00907. The van der Waals surface area contributed by atoms with E-state index in [4.69, 9.17) is 4.74 Å². The maximum atomic E-state index is 10.8. The van der Waals surface area contributed by atoms with Crippen LogP contribution in [0, 0.1) is 0 Å². The topological polar surface area (TPSA) is 58.6 Å². The molecule has 0 radical (unpaired) electrons. The van der Waals surface area contributed by atoms with Crippen LogP contribution in [0.2, 0.25) is 0 Å². The molecule has 0 saturated carbocycles. The highest BCUT2D eigenvalue weighted by Gasteiger charge is 2.20. The average Bonchev–Trinajstić information content (AvgIpc) is 2.19. The van der Waals surface area contributed by atoms with Gasteiger partial charge < -0.3 is 15.0 Å². The lowest BCUT2D eigenvalue weighted by Crippen LogP contribution is -2.41. The first-order chi connectivity index (χ1) is 7.58. The third-order valence-corrected chi connectivity index (χ3v) is 2.67. The third kappa shape index (κ3) is 5.11. The van der Waals surface area contributed by atoms with E-state index in [0.29, 0.717) is 6.54 Å². The standard InChI is InChI=1S/C11H20N2O3/c1-9(14)12-5-8-13-6-3-11(4-7-13)16-10(2)15/h11H,3-8H2,1-2H3,(H,12,14). The van der Waals surface area contributed by atoms with Crippen molar-refractivity contribution in [1.29, 1.82) is 0 Å². The number of nitrogens with zero attached hydrogens (tertiary/aromatic N) is 1. The number of rotatable bonds is 4. The molecule has 1 rings (SSSR count). The van der Waals surface area contributed by atoms with Crippen LogP contribution in [0.4, 0.5) is 0 Å². The van der Waals surface area contributed by atoms with Crippen molar-refractivity contribution in [3.05, 3.63) is 0 Å². The molecule has 5 nitrogen and oxygen atoms in total. The summed E-state index contributed by atoms with van der Waals surface area (Å²) in [6.07, 6.45) is 1.86. The van der Waals surface area contributed by atoms with Crippen LogP contribution in [0.1, 0.15) is 26.7 Å². The van der Waals surface area contributed by atoms with Gasteiger partial charge in [-0.2, -0.15) is 0 Å². The highest BCUT2D eigenvalue weighted by Crippen LogP contribution is 2.13. The Morgan fingerprint density at radius 2 is 1.94 bits per heavy atom. The van der Waals surface area contributed by atoms with Crippen molar-refractivity contribution in [3.63, 3.8) is 0 Å². The molecule has 0 aromatic rings. The van der Waals surface area contributed by atoms with Crippen LogP contribution in [0.3, 0.4) is 0 Å². The minimum atomic E-state index is -0.198. The largest absolute Gasteiger partial charge is 0.462 e. The van der Waals surface area contributed by atoms with Gasteiger partial charge in [0.15, 0.2) is 0 Å². The summed E-state index contributed by atoms with van der Waals surface area (Å²) in [6.45, 7) is 6.38. The second-order valence-electron chi connectivity index (χ2n) is 4.13. The molecule has 1 aliphatic heterocycles. The van der Waals surface area contributed by atoms with Crippen LogP contribution >= 0.6 is 0 Å². The second-order valence-corrected chi connectivity index (χ2v) is 4.13. The number of ether oxygens (including phenoxy) is 1. The lowest BCUT2D eigenvalue weighted by molar-refractivity contribution is -0.148. The number of hydrogen-bond acceptors (Lipinski definition) is 4. The molecule has 0 aromatic heterocycles. The summed E-state index contributed by atoms with van der Waals surface area (Å²) in [5.41, 5.74) is 0. The predicted octanol–water partition coefficient (Wildman–Crippen LogP) is 0.150. The first-order valence-electron chi connectivity index (χ1n) is 5.72. The zero-order chi connectivity index (χ0) is 12.0. The number of likely N-dealkylation sites (tertiary alicyclic amines) is 1. The molecule has 1 aliphatic rings. The predicted molar refractivity (Wildman–Crippen MR) is 59.9 cm³/mol. The van der Waals surface area contributed by atoms with Gasteiger partial charge in [-0.3, -0.25) is 9.59 Å². The van der Waals surface area contributed by atoms with Gasteiger partial charge in [0.2, 0.25) is 5.91 Å². The van der Waals surface area contributed by atoms with Gasteiger partial charge in [-0.1, -0.05) is 0 Å². The Morgan fingerprint density at radius 3 is 2.44 bits per heavy atom. The maximum Gasteiger partial charge on any atom is 0.302 e. The Bertz CT molecular complexity index is 248. The van der Waals surface area contributed by atoms with Crippen LogP contribution in [-0.2, 0) is 14.3 Å². The fourth-order valence-corrected chi connectivity index (χ4v) is 1.88. The quantitative estimate of drug-likeness (QED) is 0.696. The van der Waals surface area contributed by atoms with Gasteiger partial charge in [0.25, 0.3) is 0 Å². The molecule has 0 aliphatic carbocycles. The fraction of sp³-hybridized carbons (Fsp3) is 0.818. The number of hydrogen-bond donors (Lipinski definition) is 1. The molecule has 5 heteroatoms. The van der Waals surface area contributed by atoms with Crippen molar-refractivity contribution >= 4 is 11.9 Å². The van der Waals surface area contributed by atoms with E-state index >= 15 is 0 Å². The molecule has 1 fully saturated rings. The molecule has 0 unspecified atom stereocenters. The van der Waals surface area contributed by atoms with Gasteiger partial charge in [0, 0.05) is 40.0 Å². The first kappa shape index (κ1) is 13.0. The summed E-state index contributed by atoms with van der Waals surface area (Å²) in [5, 5.41) is 2.77. The van der Waals surface area contributed by atoms with Crippen molar-refractivity contribution in [2.24, 2.45) is 0 Å². The zero-order valence-corrected chi connectivity index (χ0v) is 9.99. The zero-order valence-electron chi connectivity index (χ0n) is 9.99. The normalized spacial score (nSPS) is 18.1. The average molecular weight is 228 g/mol. The van der Waals surface area contributed by atoms with Gasteiger partial charge in [-0.15, -0.1) is 0 Å². The monoisotopic (exact) mass is 228 g/mol. The van der Waals surface area contributed by atoms with Crippen molar-refractivity contribution in [3.8, 4) is 0 Å². The van der Waals surface area contributed by atoms with Crippen molar-refractivity contribution in [2.75, 3.05) is 26.2 Å². The maximum absolute atomic E-state index is 10.8. The highest BCUT2D eigenvalue weighted by atomic mass is 16.5. The van der Waals surface area contributed by atoms with Crippen LogP contribution < -0.4 is 5.32 Å². The van der Waals surface area contributed by atoms with Crippen LogP contribution in [0.5, 0.6) is 0 Å². The molecular weight excluding hydrogens is 208 g/mol. The molecule has 1 heterocycles. The number of nitrogens with one attached hydrogen (secondary N) is 1. The molecule has 0 atom stereocenters. The summed E-state index contributed by atoms with van der Waals surface area (Å²) < 4.78 is 5.15. The van der Waals surface area contributed by atoms with Gasteiger partial charge in [-0.05, 0) is 12.8 Å². The van der Waals surface area contributed by atoms with E-state index in [9.17, 15) is 9.59 Å². The number of esters is 1. The van der Waals surface area contributed by atoms with Gasteiger partial charge >= 0.3 is 5.97 Å². The number of carbonyl (C=O) groups is 2. The van der Waals surface area contributed by atoms with Gasteiger partial charge in [0.1, 0.15) is 6.10 Å². The summed E-state index contributed by atoms with van der Waals surface area (Å²) >= 11 is 0. The van der Waals surface area contributed by atoms with E-state index in [-0.39, 0.29) is 18.0 Å². The molecule has 1 saturated heterocycles. The Hall–Kier alpha value is -1.10. The van der Waals surface area contributed by atoms with Gasteiger partial charge in [-0.25, -0.2) is 0 Å². The molecule has 16 heavy (non-hydrogen) atoms. The molecule has 1 N–H and O–H groups in total. The van der Waals surface area contributed by atoms with E-state index in [1.807, 2.05) is 0 Å². The molecule has 0 aromatic carbocycles. The summed E-state index contributed by atoms with van der Waals surface area (Å²) in [5.74, 6) is -0.188. The lowest BCUT2D eigenvalue weighted by atomic mass is 10.1. The van der Waals surface area contributed by atoms with Crippen LogP contribution in [0.25, 0.3) is 0 Å². The molecule has 0 bridgehead atoms. The van der Waals surface area contributed by atoms with Crippen molar-refractivity contribution in [1.82, 2.24) is 10.2 Å².